The lowest BCUT2D eigenvalue weighted by Crippen LogP contribution is -2.12. The summed E-state index contributed by atoms with van der Waals surface area (Å²) in [4.78, 5) is 21.8. The first-order valence-electron chi connectivity index (χ1n) is 4.70. The van der Waals surface area contributed by atoms with Crippen LogP contribution in [0.5, 0.6) is 0 Å². The number of carbonyl (C=O) groups is 2. The first-order chi connectivity index (χ1) is 6.56. The second-order valence-corrected chi connectivity index (χ2v) is 3.09. The van der Waals surface area contributed by atoms with Crippen molar-refractivity contribution in [3.05, 3.63) is 6.92 Å². The molecule has 81 valence electrons. The van der Waals surface area contributed by atoms with Crippen molar-refractivity contribution in [2.75, 3.05) is 13.2 Å². The summed E-state index contributed by atoms with van der Waals surface area (Å²) in [7, 11) is 0. The second-order valence-electron chi connectivity index (χ2n) is 3.09. The van der Waals surface area contributed by atoms with Gasteiger partial charge < -0.3 is 9.47 Å². The molecule has 0 aromatic rings. The van der Waals surface area contributed by atoms with Gasteiger partial charge in [-0.15, -0.1) is 0 Å². The molecule has 0 heterocycles. The standard InChI is InChI=1S/C10H17O4/c1-4-13-9(11)5-6-10(12)14-7-8(2)3/h8H,2,4-7H2,1,3H3. The minimum Gasteiger partial charge on any atom is -0.466 e. The SMILES string of the molecule is [CH2]C(C)COC(=O)CCC(=O)OCC. The summed E-state index contributed by atoms with van der Waals surface area (Å²) in [6, 6.07) is 0. The third-order valence-corrected chi connectivity index (χ3v) is 1.37. The molecule has 4 heteroatoms. The maximum atomic E-state index is 11.0. The molecule has 1 atom stereocenters. The molecule has 0 bridgehead atoms. The molecule has 0 aromatic carbocycles. The molecule has 1 unspecified atom stereocenters. The molecule has 0 fully saturated rings. The highest BCUT2D eigenvalue weighted by Crippen LogP contribution is 1.98. The van der Waals surface area contributed by atoms with Gasteiger partial charge in [0, 0.05) is 0 Å². The molecule has 0 aliphatic heterocycles. The Labute approximate surface area is 84.6 Å². The summed E-state index contributed by atoms with van der Waals surface area (Å²) in [5, 5.41) is 0. The zero-order chi connectivity index (χ0) is 11.0. The number of ether oxygens (including phenoxy) is 2. The minimum absolute atomic E-state index is 0.0709. The molecule has 0 spiro atoms. The summed E-state index contributed by atoms with van der Waals surface area (Å²) >= 11 is 0. The van der Waals surface area contributed by atoms with Crippen molar-refractivity contribution in [3.8, 4) is 0 Å². The van der Waals surface area contributed by atoms with Gasteiger partial charge in [0.2, 0.25) is 0 Å². The van der Waals surface area contributed by atoms with Crippen LogP contribution in [0.1, 0.15) is 26.7 Å². The average molecular weight is 201 g/mol. The number of rotatable bonds is 6. The quantitative estimate of drug-likeness (QED) is 0.608. The van der Waals surface area contributed by atoms with Crippen LogP contribution < -0.4 is 0 Å². The molecule has 0 rings (SSSR count). The summed E-state index contributed by atoms with van der Waals surface area (Å²) in [5.41, 5.74) is 0. The van der Waals surface area contributed by atoms with Crippen molar-refractivity contribution in [1.82, 2.24) is 0 Å². The summed E-state index contributed by atoms with van der Waals surface area (Å²) in [6.45, 7) is 7.87. The van der Waals surface area contributed by atoms with Crippen molar-refractivity contribution >= 4 is 11.9 Å². The van der Waals surface area contributed by atoms with Crippen LogP contribution in [0.2, 0.25) is 0 Å². The van der Waals surface area contributed by atoms with E-state index in [9.17, 15) is 9.59 Å². The van der Waals surface area contributed by atoms with Crippen LogP contribution in [-0.4, -0.2) is 25.2 Å². The Morgan fingerprint density at radius 1 is 1.21 bits per heavy atom. The van der Waals surface area contributed by atoms with Crippen molar-refractivity contribution in [3.63, 3.8) is 0 Å². The van der Waals surface area contributed by atoms with Gasteiger partial charge in [0.1, 0.15) is 0 Å². The van der Waals surface area contributed by atoms with Gasteiger partial charge in [-0.25, -0.2) is 0 Å². The fraction of sp³-hybridized carbons (Fsp3) is 0.700. The van der Waals surface area contributed by atoms with Gasteiger partial charge in [-0.2, -0.15) is 0 Å². The fourth-order valence-corrected chi connectivity index (χ4v) is 0.745. The van der Waals surface area contributed by atoms with E-state index < -0.39 is 0 Å². The Kier molecular flexibility index (Phi) is 6.80. The average Bonchev–Trinajstić information content (AvgIpc) is 2.12. The van der Waals surface area contributed by atoms with Gasteiger partial charge in [-0.05, 0) is 19.8 Å². The molecule has 0 amide bonds. The smallest absolute Gasteiger partial charge is 0.306 e. The van der Waals surface area contributed by atoms with E-state index in [1.54, 1.807) is 6.92 Å². The molecular formula is C10H17O4. The zero-order valence-electron chi connectivity index (χ0n) is 8.75. The van der Waals surface area contributed by atoms with Gasteiger partial charge >= 0.3 is 11.9 Å². The first kappa shape index (κ1) is 12.9. The summed E-state index contributed by atoms with van der Waals surface area (Å²) in [6.07, 6.45) is 0.156. The van der Waals surface area contributed by atoms with Crippen LogP contribution >= 0.6 is 0 Å². The number of esters is 2. The normalized spacial score (nSPS) is 10.0. The third kappa shape index (κ3) is 7.58. The third-order valence-electron chi connectivity index (χ3n) is 1.37. The minimum atomic E-state index is -0.381. The summed E-state index contributed by atoms with van der Waals surface area (Å²) < 4.78 is 9.48. The Balaban J connectivity index is 3.48. The molecule has 0 N–H and O–H groups in total. The second kappa shape index (κ2) is 7.35. The summed E-state index contributed by atoms with van der Waals surface area (Å²) in [5.74, 6) is -0.679. The molecule has 0 aromatic heterocycles. The number of hydrogen-bond acceptors (Lipinski definition) is 4. The van der Waals surface area contributed by atoms with E-state index >= 15 is 0 Å². The fourth-order valence-electron chi connectivity index (χ4n) is 0.745. The van der Waals surface area contributed by atoms with E-state index in [4.69, 9.17) is 4.74 Å². The molecule has 0 saturated carbocycles. The van der Waals surface area contributed by atoms with Gasteiger partial charge in [0.05, 0.1) is 26.1 Å². The van der Waals surface area contributed by atoms with E-state index in [0.717, 1.165) is 0 Å². The lowest BCUT2D eigenvalue weighted by atomic mass is 10.2. The van der Waals surface area contributed by atoms with Crippen LogP contribution in [0.15, 0.2) is 0 Å². The maximum Gasteiger partial charge on any atom is 0.306 e. The largest absolute Gasteiger partial charge is 0.466 e. The van der Waals surface area contributed by atoms with Crippen LogP contribution in [-0.2, 0) is 19.1 Å². The van der Waals surface area contributed by atoms with Gasteiger partial charge in [0.15, 0.2) is 0 Å². The van der Waals surface area contributed by atoms with Crippen LogP contribution in [0.4, 0.5) is 0 Å². The van der Waals surface area contributed by atoms with Gasteiger partial charge in [0.25, 0.3) is 0 Å². The Hall–Kier alpha value is -1.06. The van der Waals surface area contributed by atoms with Crippen molar-refractivity contribution in [2.45, 2.75) is 26.7 Å². The Morgan fingerprint density at radius 3 is 2.14 bits per heavy atom. The molecule has 14 heavy (non-hydrogen) atoms. The molecule has 0 aliphatic carbocycles. The maximum absolute atomic E-state index is 11.0. The van der Waals surface area contributed by atoms with Gasteiger partial charge in [-0.3, -0.25) is 9.59 Å². The number of hydrogen-bond donors (Lipinski definition) is 0. The lowest BCUT2D eigenvalue weighted by Gasteiger charge is -2.06. The van der Waals surface area contributed by atoms with E-state index in [2.05, 4.69) is 11.7 Å². The van der Waals surface area contributed by atoms with Crippen molar-refractivity contribution < 1.29 is 19.1 Å². The highest BCUT2D eigenvalue weighted by Gasteiger charge is 2.08. The Morgan fingerprint density at radius 2 is 1.71 bits per heavy atom. The molecular weight excluding hydrogens is 184 g/mol. The van der Waals surface area contributed by atoms with Crippen LogP contribution in [0.25, 0.3) is 0 Å². The van der Waals surface area contributed by atoms with E-state index in [1.807, 2.05) is 6.92 Å². The van der Waals surface area contributed by atoms with E-state index in [-0.39, 0.29) is 30.7 Å². The predicted molar refractivity (Wildman–Crippen MR) is 51.3 cm³/mol. The van der Waals surface area contributed by atoms with Crippen molar-refractivity contribution in [2.24, 2.45) is 5.92 Å². The molecule has 4 nitrogen and oxygen atoms in total. The van der Waals surface area contributed by atoms with Crippen LogP contribution in [0, 0.1) is 12.8 Å². The number of carbonyl (C=O) groups excluding carboxylic acids is 2. The predicted octanol–water partition coefficient (Wildman–Crippen LogP) is 1.34. The topological polar surface area (TPSA) is 52.6 Å². The molecule has 1 radical (unpaired) electrons. The highest BCUT2D eigenvalue weighted by molar-refractivity contribution is 5.77. The molecule has 0 saturated heterocycles. The van der Waals surface area contributed by atoms with Crippen molar-refractivity contribution in [1.29, 1.82) is 0 Å². The lowest BCUT2D eigenvalue weighted by molar-refractivity contribution is -0.150. The van der Waals surface area contributed by atoms with Gasteiger partial charge in [-0.1, -0.05) is 6.92 Å². The Bertz CT molecular complexity index is 187. The monoisotopic (exact) mass is 201 g/mol. The van der Waals surface area contributed by atoms with E-state index in [1.165, 1.54) is 0 Å². The molecule has 0 aliphatic rings. The van der Waals surface area contributed by atoms with Crippen LogP contribution in [0.3, 0.4) is 0 Å². The van der Waals surface area contributed by atoms with E-state index in [0.29, 0.717) is 13.2 Å². The highest BCUT2D eigenvalue weighted by atomic mass is 16.5. The first-order valence-corrected chi connectivity index (χ1v) is 4.70. The zero-order valence-corrected chi connectivity index (χ0v) is 8.75.